The third-order valence-electron chi connectivity index (χ3n) is 2.58. The second kappa shape index (κ2) is 4.41. The molecule has 8 heteroatoms. The molecule has 1 aromatic heterocycles. The lowest BCUT2D eigenvalue weighted by Gasteiger charge is -2.16. The lowest BCUT2D eigenvalue weighted by molar-refractivity contribution is -0.0550. The molecule has 0 spiro atoms. The zero-order valence-electron chi connectivity index (χ0n) is 9.61. The molecular weight excluding hydrogens is 232 g/mol. The van der Waals surface area contributed by atoms with E-state index >= 15 is 0 Å². The first-order valence-corrected chi connectivity index (χ1v) is 4.90. The fraction of sp³-hybridized carbons (Fsp3) is 0.556. The number of rotatable bonds is 2. The average Bonchev–Trinajstić information content (AvgIpc) is 2.61. The molecule has 2 heterocycles. The van der Waals surface area contributed by atoms with Crippen molar-refractivity contribution < 1.29 is 21.4 Å². The summed E-state index contributed by atoms with van der Waals surface area (Å²) in [6, 6.07) is -0.479. The van der Waals surface area contributed by atoms with E-state index in [2.05, 4.69) is 0 Å². The third kappa shape index (κ3) is 2.03. The lowest BCUT2D eigenvalue weighted by atomic mass is 10.1. The first kappa shape index (κ1) is 10.7. The Morgan fingerprint density at radius 3 is 2.76 bits per heavy atom. The van der Waals surface area contributed by atoms with Gasteiger partial charge >= 0.3 is 5.69 Å². The number of aromatic amines is 1. The molecule has 1 aliphatic rings. The van der Waals surface area contributed by atoms with Crippen molar-refractivity contribution >= 4 is 0 Å². The number of aliphatic hydroxyl groups is 3. The van der Waals surface area contributed by atoms with Crippen molar-refractivity contribution in [3.05, 3.63) is 33.1 Å². The maximum absolute atomic E-state index is 11.5. The second-order valence-electron chi connectivity index (χ2n) is 3.67. The van der Waals surface area contributed by atoms with Crippen LogP contribution in [-0.4, -0.2) is 49.8 Å². The summed E-state index contributed by atoms with van der Waals surface area (Å²) in [7, 11) is 0. The van der Waals surface area contributed by atoms with Crippen molar-refractivity contribution in [1.29, 1.82) is 0 Å². The molecule has 0 radical (unpaired) electrons. The smallest absolute Gasteiger partial charge is 0.330 e. The van der Waals surface area contributed by atoms with Crippen molar-refractivity contribution in [3.63, 3.8) is 0 Å². The van der Waals surface area contributed by atoms with Gasteiger partial charge in [-0.1, -0.05) is 0 Å². The Morgan fingerprint density at radius 1 is 1.47 bits per heavy atom. The van der Waals surface area contributed by atoms with E-state index < -0.39 is 48.4 Å². The van der Waals surface area contributed by atoms with Crippen LogP contribution in [0.15, 0.2) is 21.8 Å². The number of ether oxygens (including phenoxy) is 1. The van der Waals surface area contributed by atoms with E-state index in [0.29, 0.717) is 0 Å². The molecule has 1 saturated heterocycles. The molecule has 94 valence electrons. The van der Waals surface area contributed by atoms with E-state index in [9.17, 15) is 19.8 Å². The van der Waals surface area contributed by atoms with Gasteiger partial charge in [-0.3, -0.25) is 14.3 Å². The SMILES string of the molecule is [3H]c1cn([C@@H]2O[C@H](CO)[C@@H](O)[C@H]2O)c(=O)[nH]c1=O. The summed E-state index contributed by atoms with van der Waals surface area (Å²) in [5.74, 6) is 0. The van der Waals surface area contributed by atoms with Crippen molar-refractivity contribution in [3.8, 4) is 0 Å². The lowest BCUT2D eigenvalue weighted by Crippen LogP contribution is -2.37. The summed E-state index contributed by atoms with van der Waals surface area (Å²) in [4.78, 5) is 24.4. The molecule has 0 bridgehead atoms. The van der Waals surface area contributed by atoms with E-state index in [-0.39, 0.29) is 0 Å². The summed E-state index contributed by atoms with van der Waals surface area (Å²) in [6.07, 6.45) is -4.18. The Kier molecular flexibility index (Phi) is 2.77. The highest BCUT2D eigenvalue weighted by atomic mass is 16.6. The summed E-state index contributed by atoms with van der Waals surface area (Å²) < 4.78 is 13.2. The second-order valence-corrected chi connectivity index (χ2v) is 3.67. The van der Waals surface area contributed by atoms with Gasteiger partial charge in [-0.05, 0) is 0 Å². The minimum absolute atomic E-state index is 0.479. The molecule has 0 saturated carbocycles. The van der Waals surface area contributed by atoms with Crippen LogP contribution in [-0.2, 0) is 4.74 Å². The van der Waals surface area contributed by atoms with Gasteiger partial charge in [0.1, 0.15) is 18.3 Å². The van der Waals surface area contributed by atoms with Crippen LogP contribution < -0.4 is 11.2 Å². The van der Waals surface area contributed by atoms with Crippen LogP contribution in [0.5, 0.6) is 0 Å². The van der Waals surface area contributed by atoms with Gasteiger partial charge in [-0.2, -0.15) is 0 Å². The third-order valence-corrected chi connectivity index (χ3v) is 2.58. The minimum Gasteiger partial charge on any atom is -0.394 e. The molecule has 8 nitrogen and oxygen atoms in total. The standard InChI is InChI=1S/C9H12N2O6/c12-3-4-6(14)7(15)8(17-4)11-2-1-5(13)10-9(11)16/h1-2,4,6-8,12,14-15H,3H2,(H,10,13,16)/t4-,6-,7-,8-/m1/s1/i1T. The molecular formula is C9H12N2O6. The van der Waals surface area contributed by atoms with Crippen LogP contribution >= 0.6 is 0 Å². The quantitative estimate of drug-likeness (QED) is 0.445. The van der Waals surface area contributed by atoms with E-state index in [4.69, 9.17) is 11.2 Å². The topological polar surface area (TPSA) is 125 Å². The Morgan fingerprint density at radius 2 is 2.18 bits per heavy atom. The molecule has 4 atom stereocenters. The maximum Gasteiger partial charge on any atom is 0.330 e. The summed E-state index contributed by atoms with van der Waals surface area (Å²) >= 11 is 0. The van der Waals surface area contributed by atoms with Gasteiger partial charge in [0.15, 0.2) is 6.23 Å². The molecule has 0 unspecified atom stereocenters. The Hall–Kier alpha value is -1.48. The number of nitrogens with one attached hydrogen (secondary N) is 1. The van der Waals surface area contributed by atoms with Gasteiger partial charge < -0.3 is 20.1 Å². The van der Waals surface area contributed by atoms with Gasteiger partial charge in [-0.15, -0.1) is 0 Å². The van der Waals surface area contributed by atoms with E-state index in [1.807, 2.05) is 4.98 Å². The summed E-state index contributed by atoms with van der Waals surface area (Å²) in [6.45, 7) is -0.527. The largest absolute Gasteiger partial charge is 0.394 e. The van der Waals surface area contributed by atoms with Crippen LogP contribution in [0, 0.1) is 0 Å². The van der Waals surface area contributed by atoms with Crippen molar-refractivity contribution in [2.45, 2.75) is 24.5 Å². The monoisotopic (exact) mass is 246 g/mol. The number of nitrogens with zero attached hydrogens (tertiary/aromatic N) is 1. The van der Waals surface area contributed by atoms with E-state index in [1.54, 1.807) is 0 Å². The summed E-state index contributed by atoms with van der Waals surface area (Å²) in [5, 5.41) is 28.1. The molecule has 1 aromatic rings. The molecule has 0 aromatic carbocycles. The van der Waals surface area contributed by atoms with Crippen LogP contribution in [0.25, 0.3) is 0 Å². The number of aliphatic hydroxyl groups excluding tert-OH is 3. The fourth-order valence-corrected chi connectivity index (χ4v) is 1.68. The van der Waals surface area contributed by atoms with Gasteiger partial charge in [-0.25, -0.2) is 4.79 Å². The number of hydrogen-bond acceptors (Lipinski definition) is 6. The molecule has 4 N–H and O–H groups in total. The van der Waals surface area contributed by atoms with Crippen molar-refractivity contribution in [2.75, 3.05) is 6.61 Å². The van der Waals surface area contributed by atoms with E-state index in [1.165, 1.54) is 0 Å². The molecule has 0 amide bonds. The highest BCUT2D eigenvalue weighted by Gasteiger charge is 2.43. The number of aromatic nitrogens is 2. The average molecular weight is 246 g/mol. The predicted octanol–water partition coefficient (Wildman–Crippen LogP) is -2.85. The first-order chi connectivity index (χ1) is 8.45. The normalized spacial score (nSPS) is 33.7. The molecule has 17 heavy (non-hydrogen) atoms. The molecule has 0 aliphatic carbocycles. The Labute approximate surface area is 96.1 Å². The minimum atomic E-state index is -1.44. The van der Waals surface area contributed by atoms with E-state index in [0.717, 1.165) is 10.8 Å². The number of H-pyrrole nitrogens is 1. The predicted molar refractivity (Wildman–Crippen MR) is 54.3 cm³/mol. The van der Waals surface area contributed by atoms with Gasteiger partial charge in [0.2, 0.25) is 0 Å². The van der Waals surface area contributed by atoms with Crippen LogP contribution in [0.3, 0.4) is 0 Å². The molecule has 2 rings (SSSR count). The highest BCUT2D eigenvalue weighted by molar-refractivity contribution is 4.92. The zero-order chi connectivity index (χ0) is 13.4. The fourth-order valence-electron chi connectivity index (χ4n) is 1.68. The van der Waals surface area contributed by atoms with Crippen molar-refractivity contribution in [1.82, 2.24) is 9.55 Å². The van der Waals surface area contributed by atoms with Crippen molar-refractivity contribution in [2.24, 2.45) is 0 Å². The maximum atomic E-state index is 11.5. The number of hydrogen-bond donors (Lipinski definition) is 4. The Balaban J connectivity index is 2.42. The Bertz CT molecular complexity index is 555. The van der Waals surface area contributed by atoms with Crippen LogP contribution in [0.1, 0.15) is 7.60 Å². The zero-order valence-corrected chi connectivity index (χ0v) is 8.61. The molecule has 1 fully saturated rings. The summed E-state index contributed by atoms with van der Waals surface area (Å²) in [5.41, 5.74) is -1.73. The van der Waals surface area contributed by atoms with Gasteiger partial charge in [0, 0.05) is 12.2 Å². The van der Waals surface area contributed by atoms with Crippen LogP contribution in [0.4, 0.5) is 0 Å². The highest BCUT2D eigenvalue weighted by Crippen LogP contribution is 2.27. The van der Waals surface area contributed by atoms with Gasteiger partial charge in [0.25, 0.3) is 5.56 Å². The molecule has 1 aliphatic heterocycles. The van der Waals surface area contributed by atoms with Gasteiger partial charge in [0.05, 0.1) is 7.98 Å². The van der Waals surface area contributed by atoms with Crippen LogP contribution in [0.2, 0.25) is 0 Å². The first-order valence-electron chi connectivity index (χ1n) is 5.40.